The number of benzene rings is 2. The zero-order chi connectivity index (χ0) is 18.8. The average molecular weight is 357 g/mol. The molecule has 0 aromatic heterocycles. The van der Waals surface area contributed by atoms with Gasteiger partial charge in [0.15, 0.2) is 0 Å². The van der Waals surface area contributed by atoms with Crippen molar-refractivity contribution in [2.45, 2.75) is 50.9 Å². The molecule has 1 N–H and O–H groups in total. The first kappa shape index (κ1) is 18.6. The van der Waals surface area contributed by atoms with E-state index in [0.29, 0.717) is 6.42 Å². The Labute approximate surface area is 153 Å². The van der Waals surface area contributed by atoms with E-state index in [9.17, 15) is 13.6 Å². The fourth-order valence-electron chi connectivity index (χ4n) is 3.98. The van der Waals surface area contributed by atoms with Crippen molar-refractivity contribution in [3.8, 4) is 11.1 Å². The first-order valence-corrected chi connectivity index (χ1v) is 9.25. The molecule has 0 bridgehead atoms. The minimum absolute atomic E-state index is 0.326. The summed E-state index contributed by atoms with van der Waals surface area (Å²) in [5.41, 5.74) is 3.01. The van der Waals surface area contributed by atoms with Crippen LogP contribution in [0.5, 0.6) is 0 Å². The molecule has 0 saturated heterocycles. The molecule has 0 unspecified atom stereocenters. The summed E-state index contributed by atoms with van der Waals surface area (Å²) in [5, 5.41) is 2.53. The highest BCUT2D eigenvalue weighted by Crippen LogP contribution is 2.51. The third kappa shape index (κ3) is 3.25. The van der Waals surface area contributed by atoms with Gasteiger partial charge in [-0.15, -0.1) is 0 Å². The molecule has 0 heterocycles. The van der Waals surface area contributed by atoms with Crippen molar-refractivity contribution in [1.29, 1.82) is 0 Å². The smallest absolute Gasteiger partial charge is 0.262 e. The lowest BCUT2D eigenvalue weighted by Gasteiger charge is -2.31. The van der Waals surface area contributed by atoms with Gasteiger partial charge in [-0.25, -0.2) is 8.78 Å². The van der Waals surface area contributed by atoms with Gasteiger partial charge in [-0.3, -0.25) is 4.79 Å². The van der Waals surface area contributed by atoms with Crippen LogP contribution in [-0.4, -0.2) is 18.4 Å². The van der Waals surface area contributed by atoms with E-state index in [1.807, 2.05) is 48.5 Å². The lowest BCUT2D eigenvalue weighted by Crippen LogP contribution is -2.47. The van der Waals surface area contributed by atoms with E-state index in [2.05, 4.69) is 12.2 Å². The Hall–Kier alpha value is -2.23. The number of nitrogens with one attached hydrogen (secondary N) is 1. The minimum Gasteiger partial charge on any atom is -0.349 e. The average Bonchev–Trinajstić information content (AvgIpc) is 2.91. The molecule has 0 radical (unpaired) electrons. The van der Waals surface area contributed by atoms with Crippen LogP contribution in [0.15, 0.2) is 48.5 Å². The molecule has 0 saturated carbocycles. The van der Waals surface area contributed by atoms with Crippen LogP contribution in [0.25, 0.3) is 11.1 Å². The minimum atomic E-state index is -2.93. The van der Waals surface area contributed by atoms with E-state index in [1.54, 1.807) is 0 Å². The molecule has 1 aliphatic rings. The van der Waals surface area contributed by atoms with Gasteiger partial charge in [-0.05, 0) is 28.7 Å². The third-order valence-electron chi connectivity index (χ3n) is 5.17. The van der Waals surface area contributed by atoms with Gasteiger partial charge in [0.2, 0.25) is 5.91 Å². The molecule has 0 fully saturated rings. The number of hydrogen-bond donors (Lipinski definition) is 1. The third-order valence-corrected chi connectivity index (χ3v) is 5.17. The second-order valence-corrected chi connectivity index (χ2v) is 7.21. The second-order valence-electron chi connectivity index (χ2n) is 7.21. The van der Waals surface area contributed by atoms with Gasteiger partial charge in [-0.1, -0.05) is 74.7 Å². The van der Waals surface area contributed by atoms with Crippen LogP contribution in [0, 0.1) is 0 Å². The number of alkyl halides is 2. The zero-order valence-corrected chi connectivity index (χ0v) is 15.3. The summed E-state index contributed by atoms with van der Waals surface area (Å²) in [6, 6.07) is 15.7. The number of hydrogen-bond acceptors (Lipinski definition) is 1. The number of rotatable bonds is 7. The van der Waals surface area contributed by atoms with Gasteiger partial charge in [0.05, 0.1) is 6.54 Å². The van der Waals surface area contributed by atoms with Gasteiger partial charge in [0.25, 0.3) is 5.92 Å². The highest BCUT2D eigenvalue weighted by Gasteiger charge is 2.48. The van der Waals surface area contributed by atoms with Gasteiger partial charge in [0, 0.05) is 6.92 Å². The van der Waals surface area contributed by atoms with Crippen LogP contribution in [0.2, 0.25) is 0 Å². The van der Waals surface area contributed by atoms with E-state index in [-0.39, 0.29) is 5.91 Å². The molecule has 2 nitrogen and oxygen atoms in total. The Kier molecular flexibility index (Phi) is 5.12. The van der Waals surface area contributed by atoms with Crippen LogP contribution in [0.1, 0.15) is 50.7 Å². The summed E-state index contributed by atoms with van der Waals surface area (Å²) in [4.78, 5) is 13.3. The number of carbonyl (C=O) groups excluding carboxylic acids is 1. The van der Waals surface area contributed by atoms with Gasteiger partial charge >= 0.3 is 0 Å². The number of amides is 1. The van der Waals surface area contributed by atoms with Gasteiger partial charge < -0.3 is 5.32 Å². The predicted molar refractivity (Wildman–Crippen MR) is 100 cm³/mol. The van der Waals surface area contributed by atoms with Crippen molar-refractivity contribution in [1.82, 2.24) is 5.32 Å². The maximum atomic E-state index is 13.4. The summed E-state index contributed by atoms with van der Waals surface area (Å²) >= 11 is 0. The van der Waals surface area contributed by atoms with Crippen molar-refractivity contribution in [3.63, 3.8) is 0 Å². The lowest BCUT2D eigenvalue weighted by molar-refractivity contribution is -0.127. The van der Waals surface area contributed by atoms with Crippen LogP contribution in [0.3, 0.4) is 0 Å². The number of halogens is 2. The fraction of sp³-hybridized carbons (Fsp3) is 0.409. The fourth-order valence-corrected chi connectivity index (χ4v) is 3.98. The highest BCUT2D eigenvalue weighted by atomic mass is 19.3. The molecule has 2 aromatic carbocycles. The molecule has 0 spiro atoms. The molecule has 138 valence electrons. The molecule has 3 rings (SSSR count). The molecular formula is C22H25F2NO. The Morgan fingerprint density at radius 2 is 1.54 bits per heavy atom. The molecule has 2 aromatic rings. The van der Waals surface area contributed by atoms with Crippen LogP contribution < -0.4 is 5.32 Å². The number of carbonyl (C=O) groups is 1. The van der Waals surface area contributed by atoms with Crippen molar-refractivity contribution < 1.29 is 13.6 Å². The highest BCUT2D eigenvalue weighted by molar-refractivity contribution is 6.00. The van der Waals surface area contributed by atoms with Gasteiger partial charge in [0.1, 0.15) is 5.41 Å². The number of fused-ring (bicyclic) bond motifs is 3. The van der Waals surface area contributed by atoms with Crippen molar-refractivity contribution in [3.05, 3.63) is 59.7 Å². The lowest BCUT2D eigenvalue weighted by atomic mass is 9.73. The standard InChI is InChI=1S/C22H25F2NO/c1-3-4-9-14-22(20(26)25-15-21(2,23)24)18-12-7-5-10-16(18)17-11-6-8-13-19(17)22/h5-8,10-13H,3-4,9,14-15H2,1-2H3,(H,25,26). The van der Waals surface area contributed by atoms with Crippen LogP contribution in [-0.2, 0) is 10.2 Å². The maximum absolute atomic E-state index is 13.4. The molecule has 4 heteroatoms. The number of unbranched alkanes of at least 4 members (excludes halogenated alkanes) is 2. The summed E-state index contributed by atoms with van der Waals surface area (Å²) in [5.74, 6) is -3.26. The van der Waals surface area contributed by atoms with Crippen molar-refractivity contribution in [2.24, 2.45) is 0 Å². The monoisotopic (exact) mass is 357 g/mol. The van der Waals surface area contributed by atoms with Gasteiger partial charge in [-0.2, -0.15) is 0 Å². The Morgan fingerprint density at radius 3 is 2.04 bits per heavy atom. The quantitative estimate of drug-likeness (QED) is 0.669. The molecule has 0 aliphatic heterocycles. The SMILES string of the molecule is CCCCCC1(C(=O)NCC(C)(F)F)c2ccccc2-c2ccccc21. The maximum Gasteiger partial charge on any atom is 0.262 e. The first-order chi connectivity index (χ1) is 12.4. The predicted octanol–water partition coefficient (Wildman–Crippen LogP) is 5.30. The molecule has 0 atom stereocenters. The van der Waals surface area contributed by atoms with E-state index in [1.165, 1.54) is 0 Å². The summed E-state index contributed by atoms with van der Waals surface area (Å²) in [7, 11) is 0. The van der Waals surface area contributed by atoms with Crippen LogP contribution >= 0.6 is 0 Å². The summed E-state index contributed by atoms with van der Waals surface area (Å²) < 4.78 is 26.8. The van der Waals surface area contributed by atoms with Crippen molar-refractivity contribution >= 4 is 5.91 Å². The van der Waals surface area contributed by atoms with E-state index < -0.39 is 17.9 Å². The van der Waals surface area contributed by atoms with E-state index in [4.69, 9.17) is 0 Å². The molecule has 1 amide bonds. The summed E-state index contributed by atoms with van der Waals surface area (Å²) in [6.07, 6.45) is 3.53. The Morgan fingerprint density at radius 1 is 1.00 bits per heavy atom. The zero-order valence-electron chi connectivity index (χ0n) is 15.3. The Balaban J connectivity index is 2.09. The largest absolute Gasteiger partial charge is 0.349 e. The Bertz CT molecular complexity index is 749. The molecule has 26 heavy (non-hydrogen) atoms. The van der Waals surface area contributed by atoms with Crippen LogP contribution in [0.4, 0.5) is 8.78 Å². The topological polar surface area (TPSA) is 29.1 Å². The van der Waals surface area contributed by atoms with E-state index in [0.717, 1.165) is 48.4 Å². The molecular weight excluding hydrogens is 332 g/mol. The summed E-state index contributed by atoms with van der Waals surface area (Å²) in [6.45, 7) is 2.29. The second kappa shape index (κ2) is 7.18. The normalized spacial score (nSPS) is 14.6. The molecule has 1 aliphatic carbocycles. The van der Waals surface area contributed by atoms with Crippen molar-refractivity contribution in [2.75, 3.05) is 6.54 Å². The first-order valence-electron chi connectivity index (χ1n) is 9.25. The van der Waals surface area contributed by atoms with E-state index >= 15 is 0 Å².